The van der Waals surface area contributed by atoms with E-state index in [2.05, 4.69) is 10.1 Å². The third kappa shape index (κ3) is 6.50. The second-order valence-corrected chi connectivity index (χ2v) is 11.6. The van der Waals surface area contributed by atoms with Crippen LogP contribution in [0, 0.1) is 11.3 Å². The summed E-state index contributed by atoms with van der Waals surface area (Å²) in [5.74, 6) is -1.35. The van der Waals surface area contributed by atoms with Crippen LogP contribution in [0.2, 0.25) is 0 Å². The van der Waals surface area contributed by atoms with Crippen LogP contribution in [0.3, 0.4) is 0 Å². The first-order valence-electron chi connectivity index (χ1n) is 13.4. The fraction of sp³-hybridized carbons (Fsp3) is 0.630. The SMILES string of the molecule is CC1(C)C(=O)N(Cc2nc(-c3ccc(OCC(C)(C)C(F)(F)F)c(C(F)(F)F)c3)no2)C(=O)N1CCC1CCOCC1. The molecule has 0 aliphatic carbocycles. The molecule has 0 unspecified atom stereocenters. The molecule has 2 fully saturated rings. The fourth-order valence-corrected chi connectivity index (χ4v) is 4.71. The highest BCUT2D eigenvalue weighted by Crippen LogP contribution is 2.42. The topological polar surface area (TPSA) is 98.0 Å². The van der Waals surface area contributed by atoms with Gasteiger partial charge in [-0.05, 0) is 71.1 Å². The second-order valence-electron chi connectivity index (χ2n) is 11.6. The number of halogens is 6. The summed E-state index contributed by atoms with van der Waals surface area (Å²) in [4.78, 5) is 32.8. The average Bonchev–Trinajstić information content (AvgIpc) is 3.43. The van der Waals surface area contributed by atoms with Gasteiger partial charge in [0.05, 0.1) is 11.0 Å². The van der Waals surface area contributed by atoms with Crippen LogP contribution >= 0.6 is 0 Å². The normalized spacial score (nSPS) is 18.7. The molecule has 0 atom stereocenters. The molecule has 0 spiro atoms. The molecular weight excluding hydrogens is 574 g/mol. The van der Waals surface area contributed by atoms with Gasteiger partial charge in [-0.25, -0.2) is 4.79 Å². The van der Waals surface area contributed by atoms with E-state index in [0.717, 1.165) is 43.7 Å². The molecule has 2 aromatic rings. The summed E-state index contributed by atoms with van der Waals surface area (Å²) in [6.07, 6.45) is -7.20. The number of carbonyl (C=O) groups is 2. The molecule has 42 heavy (non-hydrogen) atoms. The van der Waals surface area contributed by atoms with E-state index in [0.29, 0.717) is 38.2 Å². The Bertz CT molecular complexity index is 1300. The lowest BCUT2D eigenvalue weighted by molar-refractivity contribution is -0.219. The quantitative estimate of drug-likeness (QED) is 0.252. The number of urea groups is 1. The summed E-state index contributed by atoms with van der Waals surface area (Å²) in [5, 5.41) is 3.68. The number of amides is 3. The van der Waals surface area contributed by atoms with E-state index < -0.39 is 53.2 Å². The largest absolute Gasteiger partial charge is 0.492 e. The van der Waals surface area contributed by atoms with Gasteiger partial charge in [-0.1, -0.05) is 5.16 Å². The average molecular weight is 607 g/mol. The Balaban J connectivity index is 1.49. The van der Waals surface area contributed by atoms with Crippen LogP contribution in [-0.2, 0) is 22.3 Å². The third-order valence-corrected chi connectivity index (χ3v) is 7.67. The van der Waals surface area contributed by atoms with Gasteiger partial charge in [-0.3, -0.25) is 9.69 Å². The van der Waals surface area contributed by atoms with Gasteiger partial charge >= 0.3 is 18.4 Å². The Kier molecular flexibility index (Phi) is 8.55. The fourth-order valence-electron chi connectivity index (χ4n) is 4.71. The highest BCUT2D eigenvalue weighted by Gasteiger charge is 2.51. The molecule has 2 aliphatic rings. The highest BCUT2D eigenvalue weighted by molar-refractivity contribution is 6.06. The molecule has 9 nitrogen and oxygen atoms in total. The maximum Gasteiger partial charge on any atom is 0.419 e. The first-order chi connectivity index (χ1) is 19.4. The zero-order chi connectivity index (χ0) is 31.1. The molecule has 15 heteroatoms. The van der Waals surface area contributed by atoms with E-state index in [1.165, 1.54) is 4.90 Å². The van der Waals surface area contributed by atoms with Gasteiger partial charge in [0.2, 0.25) is 11.7 Å². The van der Waals surface area contributed by atoms with Crippen molar-refractivity contribution in [1.29, 1.82) is 0 Å². The summed E-state index contributed by atoms with van der Waals surface area (Å²) >= 11 is 0. The van der Waals surface area contributed by atoms with Gasteiger partial charge in [0.1, 0.15) is 24.4 Å². The number of hydrogen-bond donors (Lipinski definition) is 0. The van der Waals surface area contributed by atoms with Crippen molar-refractivity contribution in [2.45, 2.75) is 71.4 Å². The van der Waals surface area contributed by atoms with Crippen molar-refractivity contribution in [3.63, 3.8) is 0 Å². The zero-order valence-corrected chi connectivity index (χ0v) is 23.6. The van der Waals surface area contributed by atoms with Gasteiger partial charge in [-0.15, -0.1) is 0 Å². The lowest BCUT2D eigenvalue weighted by atomic mass is 9.94. The minimum absolute atomic E-state index is 0.155. The predicted octanol–water partition coefficient (Wildman–Crippen LogP) is 6.08. The van der Waals surface area contributed by atoms with E-state index >= 15 is 0 Å². The Morgan fingerprint density at radius 2 is 1.74 bits per heavy atom. The lowest BCUT2D eigenvalue weighted by Crippen LogP contribution is -2.45. The van der Waals surface area contributed by atoms with E-state index in [1.807, 2.05) is 0 Å². The van der Waals surface area contributed by atoms with Crippen molar-refractivity contribution in [1.82, 2.24) is 19.9 Å². The second kappa shape index (κ2) is 11.4. The van der Waals surface area contributed by atoms with Crippen molar-refractivity contribution < 1.29 is 49.9 Å². The molecule has 3 amide bonds. The number of imide groups is 1. The first-order valence-corrected chi connectivity index (χ1v) is 13.4. The number of carbonyl (C=O) groups excluding carboxylic acids is 2. The van der Waals surface area contributed by atoms with Gasteiger partial charge in [0.25, 0.3) is 5.91 Å². The van der Waals surface area contributed by atoms with Crippen LogP contribution in [0.4, 0.5) is 31.1 Å². The maximum absolute atomic E-state index is 13.8. The van der Waals surface area contributed by atoms with Crippen molar-refractivity contribution in [2.24, 2.45) is 11.3 Å². The molecule has 0 N–H and O–H groups in total. The van der Waals surface area contributed by atoms with Crippen molar-refractivity contribution in [3.05, 3.63) is 29.7 Å². The molecule has 2 aliphatic heterocycles. The molecule has 4 rings (SSSR count). The summed E-state index contributed by atoms with van der Waals surface area (Å²) < 4.78 is 96.3. The van der Waals surface area contributed by atoms with Crippen LogP contribution in [0.15, 0.2) is 22.7 Å². The molecular formula is C27H32F6N4O5. The first kappa shape index (κ1) is 31.6. The Hall–Kier alpha value is -3.36. The number of benzene rings is 1. The van der Waals surface area contributed by atoms with Crippen LogP contribution in [-0.4, -0.2) is 70.0 Å². The summed E-state index contributed by atoms with van der Waals surface area (Å²) in [6.45, 7) is 5.15. The van der Waals surface area contributed by atoms with Crippen molar-refractivity contribution in [3.8, 4) is 17.1 Å². The number of hydrogen-bond acceptors (Lipinski definition) is 7. The lowest BCUT2D eigenvalue weighted by Gasteiger charge is -2.30. The highest BCUT2D eigenvalue weighted by atomic mass is 19.4. The van der Waals surface area contributed by atoms with Crippen molar-refractivity contribution in [2.75, 3.05) is 26.4 Å². The number of alkyl halides is 6. The number of rotatable bonds is 9. The zero-order valence-electron chi connectivity index (χ0n) is 23.6. The third-order valence-electron chi connectivity index (χ3n) is 7.67. The maximum atomic E-state index is 13.8. The summed E-state index contributed by atoms with van der Waals surface area (Å²) in [7, 11) is 0. The van der Waals surface area contributed by atoms with Crippen molar-refractivity contribution >= 4 is 11.9 Å². The predicted molar refractivity (Wildman–Crippen MR) is 135 cm³/mol. The van der Waals surface area contributed by atoms with Crippen LogP contribution in [0.5, 0.6) is 5.75 Å². The molecule has 232 valence electrons. The van der Waals surface area contributed by atoms with Crippen LogP contribution < -0.4 is 4.74 Å². The van der Waals surface area contributed by atoms with E-state index in [-0.39, 0.29) is 23.8 Å². The standard InChI is InChI=1S/C27H32F6N4O5/c1-24(2,27(31,32)33)15-41-19-6-5-17(13-18(19)26(28,29)30)21-34-20(42-35-21)14-36-22(38)25(3,4)37(23(36)39)10-7-16-8-11-40-12-9-16/h5-6,13,16H,7-12,14-15H2,1-4H3. The van der Waals surface area contributed by atoms with Crippen LogP contribution in [0.1, 0.15) is 58.4 Å². The molecule has 0 radical (unpaired) electrons. The van der Waals surface area contributed by atoms with Crippen LogP contribution in [0.25, 0.3) is 11.4 Å². The minimum Gasteiger partial charge on any atom is -0.492 e. The van der Waals surface area contributed by atoms with E-state index in [9.17, 15) is 35.9 Å². The Labute approximate surface area is 238 Å². The smallest absolute Gasteiger partial charge is 0.419 e. The molecule has 0 saturated carbocycles. The van der Waals surface area contributed by atoms with E-state index in [1.54, 1.807) is 13.8 Å². The summed E-state index contributed by atoms with van der Waals surface area (Å²) in [5.41, 5.74) is -4.99. The van der Waals surface area contributed by atoms with Gasteiger partial charge in [0, 0.05) is 25.3 Å². The minimum atomic E-state index is -4.96. The molecule has 0 bridgehead atoms. The number of aromatic nitrogens is 2. The molecule has 3 heterocycles. The Morgan fingerprint density at radius 3 is 2.36 bits per heavy atom. The molecule has 1 aromatic heterocycles. The van der Waals surface area contributed by atoms with Gasteiger partial charge < -0.3 is 18.9 Å². The van der Waals surface area contributed by atoms with Gasteiger partial charge in [-0.2, -0.15) is 31.3 Å². The number of nitrogens with zero attached hydrogens (tertiary/aromatic N) is 4. The van der Waals surface area contributed by atoms with E-state index in [4.69, 9.17) is 14.0 Å². The molecule has 2 saturated heterocycles. The number of ether oxygens (including phenoxy) is 2. The summed E-state index contributed by atoms with van der Waals surface area (Å²) in [6, 6.07) is 2.12. The van der Waals surface area contributed by atoms with Gasteiger partial charge in [0.15, 0.2) is 0 Å². The molecule has 1 aromatic carbocycles. The Morgan fingerprint density at radius 1 is 1.07 bits per heavy atom. The monoisotopic (exact) mass is 606 g/mol.